The Morgan fingerprint density at radius 1 is 0.885 bits per heavy atom. The molecule has 2 aromatic rings. The van der Waals surface area contributed by atoms with E-state index in [1.165, 1.54) is 5.56 Å². The van der Waals surface area contributed by atoms with Crippen molar-refractivity contribution >= 4 is 6.09 Å². The van der Waals surface area contributed by atoms with Crippen molar-refractivity contribution < 1.29 is 9.53 Å². The van der Waals surface area contributed by atoms with Crippen molar-refractivity contribution in [2.75, 3.05) is 6.54 Å². The van der Waals surface area contributed by atoms with E-state index in [4.69, 9.17) is 4.74 Å². The summed E-state index contributed by atoms with van der Waals surface area (Å²) in [7, 11) is 0. The molecule has 1 fully saturated rings. The van der Waals surface area contributed by atoms with Crippen LogP contribution in [0.4, 0.5) is 4.79 Å². The Labute approximate surface area is 156 Å². The van der Waals surface area contributed by atoms with E-state index >= 15 is 0 Å². The summed E-state index contributed by atoms with van der Waals surface area (Å²) < 4.78 is 5.27. The number of hydrogen-bond acceptors (Lipinski definition) is 3. The standard InChI is InChI=1S/C22H28N2O2/c25-22(26-17-20-9-5-2-6-10-20)24-16-19-11-13-21(14-12-19)23-15-18-7-3-1-4-8-18/h1-10,19,21,23H,11-17H2,(H,24,25). The smallest absolute Gasteiger partial charge is 0.407 e. The summed E-state index contributed by atoms with van der Waals surface area (Å²) in [6, 6.07) is 20.9. The van der Waals surface area contributed by atoms with Gasteiger partial charge in [0.15, 0.2) is 0 Å². The minimum Gasteiger partial charge on any atom is -0.445 e. The highest BCUT2D eigenvalue weighted by molar-refractivity contribution is 5.67. The van der Waals surface area contributed by atoms with Gasteiger partial charge in [0.25, 0.3) is 0 Å². The highest BCUT2D eigenvalue weighted by Gasteiger charge is 2.21. The molecule has 2 aromatic carbocycles. The average molecular weight is 352 g/mol. The Hall–Kier alpha value is -2.33. The largest absolute Gasteiger partial charge is 0.445 e. The van der Waals surface area contributed by atoms with E-state index in [2.05, 4.69) is 34.9 Å². The van der Waals surface area contributed by atoms with Crippen molar-refractivity contribution in [2.24, 2.45) is 5.92 Å². The topological polar surface area (TPSA) is 50.4 Å². The highest BCUT2D eigenvalue weighted by atomic mass is 16.5. The number of carbonyl (C=O) groups is 1. The Morgan fingerprint density at radius 3 is 2.15 bits per heavy atom. The maximum atomic E-state index is 11.8. The zero-order chi connectivity index (χ0) is 18.0. The summed E-state index contributed by atoms with van der Waals surface area (Å²) in [5.74, 6) is 0.550. The van der Waals surface area contributed by atoms with Gasteiger partial charge in [-0.3, -0.25) is 0 Å². The molecule has 3 rings (SSSR count). The molecule has 0 bridgehead atoms. The lowest BCUT2D eigenvalue weighted by atomic mass is 9.86. The number of amides is 1. The first-order valence-electron chi connectivity index (χ1n) is 9.51. The van der Waals surface area contributed by atoms with Gasteiger partial charge < -0.3 is 15.4 Å². The fourth-order valence-corrected chi connectivity index (χ4v) is 3.43. The molecular formula is C22H28N2O2. The lowest BCUT2D eigenvalue weighted by molar-refractivity contribution is 0.136. The van der Waals surface area contributed by atoms with Crippen molar-refractivity contribution in [3.8, 4) is 0 Å². The molecule has 0 atom stereocenters. The summed E-state index contributed by atoms with van der Waals surface area (Å²) in [5.41, 5.74) is 2.34. The number of alkyl carbamates (subject to hydrolysis) is 1. The predicted octanol–water partition coefficient (Wildman–Crippen LogP) is 4.26. The second-order valence-electron chi connectivity index (χ2n) is 7.03. The predicted molar refractivity (Wildman–Crippen MR) is 104 cm³/mol. The number of nitrogens with one attached hydrogen (secondary N) is 2. The van der Waals surface area contributed by atoms with E-state index in [0.29, 0.717) is 25.1 Å². The van der Waals surface area contributed by atoms with Gasteiger partial charge in [-0.05, 0) is 42.7 Å². The molecule has 0 aromatic heterocycles. The van der Waals surface area contributed by atoms with E-state index in [1.807, 2.05) is 36.4 Å². The van der Waals surface area contributed by atoms with Crippen molar-refractivity contribution in [1.82, 2.24) is 10.6 Å². The minimum absolute atomic E-state index is 0.321. The SMILES string of the molecule is O=C(NCC1CCC(NCc2ccccc2)CC1)OCc1ccccc1. The third-order valence-electron chi connectivity index (χ3n) is 5.03. The minimum atomic E-state index is -0.321. The normalized spacial score (nSPS) is 19.7. The third-order valence-corrected chi connectivity index (χ3v) is 5.03. The quantitative estimate of drug-likeness (QED) is 0.783. The van der Waals surface area contributed by atoms with Crippen LogP contribution in [0.5, 0.6) is 0 Å². The van der Waals surface area contributed by atoms with Gasteiger partial charge >= 0.3 is 6.09 Å². The van der Waals surface area contributed by atoms with Gasteiger partial charge in [0.1, 0.15) is 6.61 Å². The second kappa shape index (κ2) is 9.97. The highest BCUT2D eigenvalue weighted by Crippen LogP contribution is 2.24. The van der Waals surface area contributed by atoms with Crippen LogP contribution in [0.25, 0.3) is 0 Å². The van der Waals surface area contributed by atoms with Gasteiger partial charge in [-0.25, -0.2) is 4.79 Å². The molecule has 0 saturated heterocycles. The van der Waals surface area contributed by atoms with Crippen LogP contribution < -0.4 is 10.6 Å². The van der Waals surface area contributed by atoms with Gasteiger partial charge in [0, 0.05) is 19.1 Å². The number of carbonyl (C=O) groups excluding carboxylic acids is 1. The first-order chi connectivity index (χ1) is 12.8. The fourth-order valence-electron chi connectivity index (χ4n) is 3.43. The van der Waals surface area contributed by atoms with Crippen LogP contribution in [-0.4, -0.2) is 18.7 Å². The van der Waals surface area contributed by atoms with Gasteiger partial charge in [0.2, 0.25) is 0 Å². The van der Waals surface area contributed by atoms with Crippen LogP contribution in [0.3, 0.4) is 0 Å². The van der Waals surface area contributed by atoms with Crippen LogP contribution >= 0.6 is 0 Å². The van der Waals surface area contributed by atoms with Gasteiger partial charge in [-0.15, -0.1) is 0 Å². The molecule has 4 nitrogen and oxygen atoms in total. The Bertz CT molecular complexity index is 652. The fraction of sp³-hybridized carbons (Fsp3) is 0.409. The third kappa shape index (κ3) is 6.19. The number of hydrogen-bond donors (Lipinski definition) is 2. The van der Waals surface area contributed by atoms with Crippen molar-refractivity contribution in [2.45, 2.75) is 44.9 Å². The van der Waals surface area contributed by atoms with Crippen molar-refractivity contribution in [1.29, 1.82) is 0 Å². The molecule has 1 saturated carbocycles. The van der Waals surface area contributed by atoms with Crippen LogP contribution in [-0.2, 0) is 17.9 Å². The van der Waals surface area contributed by atoms with Crippen LogP contribution in [0, 0.1) is 5.92 Å². The maximum absolute atomic E-state index is 11.8. The maximum Gasteiger partial charge on any atom is 0.407 e. The van der Waals surface area contributed by atoms with Crippen LogP contribution in [0.1, 0.15) is 36.8 Å². The zero-order valence-electron chi connectivity index (χ0n) is 15.2. The average Bonchev–Trinajstić information content (AvgIpc) is 2.71. The zero-order valence-corrected chi connectivity index (χ0v) is 15.2. The molecule has 0 spiro atoms. The monoisotopic (exact) mass is 352 g/mol. The molecular weight excluding hydrogens is 324 g/mol. The molecule has 4 heteroatoms. The number of ether oxygens (including phenoxy) is 1. The Morgan fingerprint density at radius 2 is 1.50 bits per heavy atom. The Kier molecular flexibility index (Phi) is 7.08. The van der Waals surface area contributed by atoms with Crippen LogP contribution in [0.2, 0.25) is 0 Å². The summed E-state index contributed by atoms with van der Waals surface area (Å²) in [6.07, 6.45) is 4.30. The Balaban J connectivity index is 1.28. The molecule has 26 heavy (non-hydrogen) atoms. The summed E-state index contributed by atoms with van der Waals surface area (Å²) >= 11 is 0. The van der Waals surface area contributed by atoms with Crippen molar-refractivity contribution in [3.05, 3.63) is 71.8 Å². The summed E-state index contributed by atoms with van der Waals surface area (Å²) in [4.78, 5) is 11.8. The lowest BCUT2D eigenvalue weighted by Gasteiger charge is -2.29. The molecule has 0 radical (unpaired) electrons. The van der Waals surface area contributed by atoms with E-state index < -0.39 is 0 Å². The first kappa shape index (κ1) is 18.5. The molecule has 1 aliphatic rings. The molecule has 0 unspecified atom stereocenters. The van der Waals surface area contributed by atoms with E-state index in [-0.39, 0.29) is 6.09 Å². The molecule has 2 N–H and O–H groups in total. The molecule has 0 heterocycles. The molecule has 1 aliphatic carbocycles. The van der Waals surface area contributed by atoms with E-state index in [0.717, 1.165) is 37.8 Å². The van der Waals surface area contributed by atoms with Gasteiger partial charge in [-0.1, -0.05) is 60.7 Å². The van der Waals surface area contributed by atoms with Gasteiger partial charge in [0.05, 0.1) is 0 Å². The number of benzene rings is 2. The van der Waals surface area contributed by atoms with Crippen molar-refractivity contribution in [3.63, 3.8) is 0 Å². The van der Waals surface area contributed by atoms with Gasteiger partial charge in [-0.2, -0.15) is 0 Å². The second-order valence-corrected chi connectivity index (χ2v) is 7.03. The molecule has 138 valence electrons. The van der Waals surface area contributed by atoms with Crippen LogP contribution in [0.15, 0.2) is 60.7 Å². The lowest BCUT2D eigenvalue weighted by Crippen LogP contribution is -2.36. The van der Waals surface area contributed by atoms with E-state index in [1.54, 1.807) is 0 Å². The summed E-state index contributed by atoms with van der Waals surface area (Å²) in [6.45, 7) is 1.96. The first-order valence-corrected chi connectivity index (χ1v) is 9.51. The van der Waals surface area contributed by atoms with E-state index in [9.17, 15) is 4.79 Å². The number of rotatable bonds is 7. The summed E-state index contributed by atoms with van der Waals surface area (Å²) in [5, 5.41) is 6.56. The molecule has 1 amide bonds. The molecule has 0 aliphatic heterocycles.